The minimum Gasteiger partial charge on any atom is -0.337 e. The normalized spacial score (nSPS) is 15.7. The van der Waals surface area contributed by atoms with E-state index in [4.69, 9.17) is 0 Å². The monoisotopic (exact) mass is 408 g/mol. The molecule has 1 N–H and O–H groups in total. The Labute approximate surface area is 171 Å². The van der Waals surface area contributed by atoms with Gasteiger partial charge in [-0.05, 0) is 37.8 Å². The van der Waals surface area contributed by atoms with Gasteiger partial charge in [-0.15, -0.1) is 16.8 Å². The molecule has 0 saturated heterocycles. The third-order valence-corrected chi connectivity index (χ3v) is 6.08. The first-order chi connectivity index (χ1) is 14.0. The lowest BCUT2D eigenvalue weighted by Gasteiger charge is -2.22. The Morgan fingerprint density at radius 1 is 1.45 bits per heavy atom. The zero-order valence-corrected chi connectivity index (χ0v) is 16.8. The number of allylic oxidation sites excluding steroid dienone is 1. The van der Waals surface area contributed by atoms with Gasteiger partial charge in [-0.1, -0.05) is 30.0 Å². The summed E-state index contributed by atoms with van der Waals surface area (Å²) in [4.78, 5) is 25.3. The Bertz CT molecular complexity index is 1220. The number of carbonyl (C=O) groups is 1. The summed E-state index contributed by atoms with van der Waals surface area (Å²) in [5.41, 5.74) is -0.314. The molecule has 148 valence electrons. The van der Waals surface area contributed by atoms with Crippen LogP contribution < -0.4 is 10.9 Å². The van der Waals surface area contributed by atoms with E-state index < -0.39 is 5.54 Å². The molecule has 2 aromatic heterocycles. The molecule has 2 heterocycles. The number of hydrogen-bond acceptors (Lipinski definition) is 6. The van der Waals surface area contributed by atoms with Gasteiger partial charge in [0, 0.05) is 6.54 Å². The van der Waals surface area contributed by atoms with Crippen molar-refractivity contribution in [3.63, 3.8) is 0 Å². The number of rotatable bonds is 7. The van der Waals surface area contributed by atoms with E-state index in [2.05, 4.69) is 28.2 Å². The molecule has 1 aliphatic rings. The van der Waals surface area contributed by atoms with Gasteiger partial charge in [0.2, 0.25) is 11.7 Å². The number of amides is 1. The SMILES string of the molecule is C=CCn1c(=O)c2ccccc2n2c(SCC(=O)N[C@](C)(C#N)C3CC3)nnc12. The molecule has 1 aromatic carbocycles. The minimum atomic E-state index is -0.832. The molecule has 1 fully saturated rings. The molecule has 1 atom stereocenters. The minimum absolute atomic E-state index is 0.0969. The standard InChI is InChI=1S/C20H20N6O2S/c1-3-10-25-17(28)14-6-4-5-7-15(14)26-18(25)23-24-19(26)29-11-16(27)22-20(2,12-21)13-8-9-13/h3-7,13H,1,8-11H2,2H3,(H,22,27)/t20-/m1/s1. The van der Waals surface area contributed by atoms with Gasteiger partial charge in [-0.25, -0.2) is 0 Å². The van der Waals surface area contributed by atoms with Gasteiger partial charge in [-0.2, -0.15) is 5.26 Å². The molecule has 29 heavy (non-hydrogen) atoms. The molecular formula is C20H20N6O2S. The van der Waals surface area contributed by atoms with Crippen LogP contribution in [0.5, 0.6) is 0 Å². The Hall–Kier alpha value is -3.12. The molecular weight excluding hydrogens is 388 g/mol. The van der Waals surface area contributed by atoms with E-state index in [-0.39, 0.29) is 23.1 Å². The van der Waals surface area contributed by atoms with Crippen LogP contribution in [0.1, 0.15) is 19.8 Å². The van der Waals surface area contributed by atoms with Crippen molar-refractivity contribution >= 4 is 34.3 Å². The highest BCUT2D eigenvalue weighted by Crippen LogP contribution is 2.39. The van der Waals surface area contributed by atoms with Crippen molar-refractivity contribution in [3.8, 4) is 6.07 Å². The molecule has 8 nitrogen and oxygen atoms in total. The predicted octanol–water partition coefficient (Wildman–Crippen LogP) is 2.13. The first-order valence-corrected chi connectivity index (χ1v) is 10.3. The summed E-state index contributed by atoms with van der Waals surface area (Å²) in [6.07, 6.45) is 3.55. The number of hydrogen-bond donors (Lipinski definition) is 1. The smallest absolute Gasteiger partial charge is 0.263 e. The highest BCUT2D eigenvalue weighted by atomic mass is 32.2. The summed E-state index contributed by atoms with van der Waals surface area (Å²) in [5, 5.41) is 21.7. The van der Waals surface area contributed by atoms with Crippen molar-refractivity contribution in [3.05, 3.63) is 47.3 Å². The van der Waals surface area contributed by atoms with Gasteiger partial charge in [0.1, 0.15) is 5.54 Å². The summed E-state index contributed by atoms with van der Waals surface area (Å²) < 4.78 is 3.29. The van der Waals surface area contributed by atoms with Crippen LogP contribution in [0.25, 0.3) is 16.7 Å². The molecule has 1 saturated carbocycles. The second-order valence-electron chi connectivity index (χ2n) is 7.26. The first kappa shape index (κ1) is 19.2. The van der Waals surface area contributed by atoms with Crippen molar-refractivity contribution in [2.24, 2.45) is 5.92 Å². The van der Waals surface area contributed by atoms with E-state index >= 15 is 0 Å². The Morgan fingerprint density at radius 3 is 2.90 bits per heavy atom. The van der Waals surface area contributed by atoms with E-state index in [0.29, 0.717) is 28.4 Å². The van der Waals surface area contributed by atoms with Crippen LogP contribution in [0, 0.1) is 17.2 Å². The van der Waals surface area contributed by atoms with E-state index in [1.807, 2.05) is 12.1 Å². The van der Waals surface area contributed by atoms with Gasteiger partial charge >= 0.3 is 0 Å². The number of aromatic nitrogens is 4. The number of benzene rings is 1. The molecule has 4 rings (SSSR count). The maximum Gasteiger partial charge on any atom is 0.263 e. The Kier molecular flexibility index (Phi) is 4.88. The second kappa shape index (κ2) is 7.37. The topological polar surface area (TPSA) is 105 Å². The summed E-state index contributed by atoms with van der Waals surface area (Å²) in [7, 11) is 0. The van der Waals surface area contributed by atoms with E-state index in [0.717, 1.165) is 12.8 Å². The number of fused-ring (bicyclic) bond motifs is 3. The van der Waals surface area contributed by atoms with Crippen LogP contribution in [0.4, 0.5) is 0 Å². The largest absolute Gasteiger partial charge is 0.337 e. The highest BCUT2D eigenvalue weighted by Gasteiger charge is 2.43. The van der Waals surface area contributed by atoms with E-state index in [1.54, 1.807) is 29.5 Å². The summed E-state index contributed by atoms with van der Waals surface area (Å²) >= 11 is 1.22. The number of carbonyl (C=O) groups excluding carboxylic acids is 1. The van der Waals surface area contributed by atoms with Gasteiger partial charge in [-0.3, -0.25) is 18.6 Å². The number of nitrogens with zero attached hydrogens (tertiary/aromatic N) is 5. The summed E-state index contributed by atoms with van der Waals surface area (Å²) in [6.45, 7) is 5.78. The lowest BCUT2D eigenvalue weighted by molar-refractivity contribution is -0.119. The first-order valence-electron chi connectivity index (χ1n) is 9.31. The van der Waals surface area contributed by atoms with Crippen molar-refractivity contribution in [1.82, 2.24) is 24.5 Å². The predicted molar refractivity (Wildman–Crippen MR) is 111 cm³/mol. The maximum atomic E-state index is 12.8. The fourth-order valence-electron chi connectivity index (χ4n) is 3.46. The quantitative estimate of drug-likeness (QED) is 0.474. The Morgan fingerprint density at radius 2 is 2.21 bits per heavy atom. The molecule has 1 amide bonds. The molecule has 9 heteroatoms. The molecule has 3 aromatic rings. The lowest BCUT2D eigenvalue weighted by Crippen LogP contribution is -2.47. The molecule has 0 bridgehead atoms. The number of thioether (sulfide) groups is 1. The molecule has 0 aliphatic heterocycles. The highest BCUT2D eigenvalue weighted by molar-refractivity contribution is 7.99. The second-order valence-corrected chi connectivity index (χ2v) is 8.21. The van der Waals surface area contributed by atoms with E-state index in [9.17, 15) is 14.9 Å². The van der Waals surface area contributed by atoms with Crippen molar-refractivity contribution < 1.29 is 4.79 Å². The van der Waals surface area contributed by atoms with Crippen LogP contribution in [-0.4, -0.2) is 36.4 Å². The Balaban J connectivity index is 1.67. The maximum absolute atomic E-state index is 12.8. The zero-order chi connectivity index (χ0) is 20.6. The molecule has 1 aliphatic carbocycles. The van der Waals surface area contributed by atoms with Gasteiger partial charge < -0.3 is 5.32 Å². The van der Waals surface area contributed by atoms with Crippen LogP contribution in [0.3, 0.4) is 0 Å². The van der Waals surface area contributed by atoms with Gasteiger partial charge in [0.15, 0.2) is 5.16 Å². The number of para-hydroxylation sites is 1. The van der Waals surface area contributed by atoms with Crippen molar-refractivity contribution in [2.75, 3.05) is 5.75 Å². The number of nitriles is 1. The van der Waals surface area contributed by atoms with Crippen molar-refractivity contribution in [2.45, 2.75) is 37.0 Å². The van der Waals surface area contributed by atoms with Crippen LogP contribution in [0.15, 0.2) is 46.9 Å². The fraction of sp³-hybridized carbons (Fsp3) is 0.350. The third kappa shape index (κ3) is 3.40. The van der Waals surface area contributed by atoms with Gasteiger partial charge in [0.05, 0.1) is 22.7 Å². The summed E-state index contributed by atoms with van der Waals surface area (Å²) in [5.74, 6) is 0.482. The van der Waals surface area contributed by atoms with E-state index in [1.165, 1.54) is 16.3 Å². The molecule has 0 spiro atoms. The summed E-state index contributed by atoms with van der Waals surface area (Å²) in [6, 6.07) is 9.45. The van der Waals surface area contributed by atoms with Crippen molar-refractivity contribution in [1.29, 1.82) is 5.26 Å². The third-order valence-electron chi connectivity index (χ3n) is 5.15. The average Bonchev–Trinajstić information content (AvgIpc) is 3.50. The van der Waals surface area contributed by atoms with Gasteiger partial charge in [0.25, 0.3) is 5.56 Å². The average molecular weight is 408 g/mol. The van der Waals surface area contributed by atoms with Crippen LogP contribution >= 0.6 is 11.8 Å². The molecule has 0 unspecified atom stereocenters. The number of nitrogens with one attached hydrogen (secondary N) is 1. The molecule has 0 radical (unpaired) electrons. The lowest BCUT2D eigenvalue weighted by atomic mass is 9.98. The zero-order valence-electron chi connectivity index (χ0n) is 16.0. The fourth-order valence-corrected chi connectivity index (χ4v) is 4.20. The van der Waals surface area contributed by atoms with Crippen LogP contribution in [0.2, 0.25) is 0 Å². The van der Waals surface area contributed by atoms with Crippen LogP contribution in [-0.2, 0) is 11.3 Å².